The number of amides is 1. The second-order valence-corrected chi connectivity index (χ2v) is 8.03. The van der Waals surface area contributed by atoms with Crippen LogP contribution < -0.4 is 10.6 Å². The fourth-order valence-electron chi connectivity index (χ4n) is 3.85. The summed E-state index contributed by atoms with van der Waals surface area (Å²) in [5.41, 5.74) is 1.03. The van der Waals surface area contributed by atoms with Gasteiger partial charge in [-0.2, -0.15) is 0 Å². The standard InChI is InChI=1S/C19H22N2O3S.ClH/c1-2-24-18(23)16-10-12-9-13(3-4-15(12)25-16)21-17(22)14-11-19(14)5-7-20-8-6-19;/h3-4,9-10,14,20H,2,5-8,11H2,1H3,(H,21,22);1H. The second-order valence-electron chi connectivity index (χ2n) is 6.94. The molecule has 1 unspecified atom stereocenters. The Labute approximate surface area is 162 Å². The Kier molecular flexibility index (Phi) is 5.55. The molecule has 1 saturated carbocycles. The minimum atomic E-state index is -0.292. The third-order valence-corrected chi connectivity index (χ3v) is 6.46. The maximum Gasteiger partial charge on any atom is 0.348 e. The molecule has 26 heavy (non-hydrogen) atoms. The summed E-state index contributed by atoms with van der Waals surface area (Å²) in [6, 6.07) is 7.62. The summed E-state index contributed by atoms with van der Waals surface area (Å²) in [6.45, 7) is 4.20. The van der Waals surface area contributed by atoms with Gasteiger partial charge in [0.05, 0.1) is 6.61 Å². The Balaban J connectivity index is 0.00000196. The van der Waals surface area contributed by atoms with E-state index >= 15 is 0 Å². The molecule has 1 spiro atoms. The zero-order valence-electron chi connectivity index (χ0n) is 14.7. The molecule has 7 heteroatoms. The van der Waals surface area contributed by atoms with Crippen LogP contribution in [0.15, 0.2) is 24.3 Å². The van der Waals surface area contributed by atoms with E-state index in [1.807, 2.05) is 24.3 Å². The number of fused-ring (bicyclic) bond motifs is 1. The van der Waals surface area contributed by atoms with E-state index in [9.17, 15) is 9.59 Å². The minimum absolute atomic E-state index is 0. The van der Waals surface area contributed by atoms with Gasteiger partial charge in [0.25, 0.3) is 0 Å². The van der Waals surface area contributed by atoms with Crippen molar-refractivity contribution in [1.82, 2.24) is 5.32 Å². The summed E-state index contributed by atoms with van der Waals surface area (Å²) in [5.74, 6) is -0.0231. The summed E-state index contributed by atoms with van der Waals surface area (Å²) in [7, 11) is 0. The van der Waals surface area contributed by atoms with Crippen LogP contribution in [0.2, 0.25) is 0 Å². The number of hydrogen-bond acceptors (Lipinski definition) is 5. The van der Waals surface area contributed by atoms with Crippen molar-refractivity contribution in [2.24, 2.45) is 11.3 Å². The molecule has 1 atom stereocenters. The number of halogens is 1. The number of anilines is 1. The third-order valence-electron chi connectivity index (χ3n) is 5.37. The van der Waals surface area contributed by atoms with E-state index < -0.39 is 0 Å². The first kappa shape index (κ1) is 19.1. The molecule has 1 aliphatic carbocycles. The predicted molar refractivity (Wildman–Crippen MR) is 106 cm³/mol. The SMILES string of the molecule is CCOC(=O)c1cc2cc(NC(=O)C3CC34CCNCC4)ccc2s1.Cl. The molecule has 140 valence electrons. The van der Waals surface area contributed by atoms with E-state index in [1.165, 1.54) is 11.3 Å². The van der Waals surface area contributed by atoms with Crippen LogP contribution >= 0.6 is 23.7 Å². The number of ether oxygens (including phenoxy) is 1. The highest BCUT2D eigenvalue weighted by molar-refractivity contribution is 7.20. The van der Waals surface area contributed by atoms with Gasteiger partial charge in [0, 0.05) is 16.3 Å². The zero-order valence-corrected chi connectivity index (χ0v) is 16.3. The van der Waals surface area contributed by atoms with Crippen LogP contribution in [0, 0.1) is 11.3 Å². The number of esters is 1. The van der Waals surface area contributed by atoms with Gasteiger partial charge >= 0.3 is 5.97 Å². The molecule has 5 nitrogen and oxygen atoms in total. The number of benzene rings is 1. The smallest absolute Gasteiger partial charge is 0.348 e. The largest absolute Gasteiger partial charge is 0.462 e. The summed E-state index contributed by atoms with van der Waals surface area (Å²) in [6.07, 6.45) is 3.20. The summed E-state index contributed by atoms with van der Waals surface area (Å²) in [4.78, 5) is 25.0. The Bertz CT molecular complexity index is 829. The van der Waals surface area contributed by atoms with Crippen LogP contribution in [-0.4, -0.2) is 31.6 Å². The van der Waals surface area contributed by atoms with Gasteiger partial charge in [-0.15, -0.1) is 23.7 Å². The molecule has 1 aliphatic heterocycles. The molecule has 2 heterocycles. The zero-order chi connectivity index (χ0) is 17.4. The maximum absolute atomic E-state index is 12.6. The monoisotopic (exact) mass is 394 g/mol. The van der Waals surface area contributed by atoms with Crippen LogP contribution in [0.4, 0.5) is 5.69 Å². The van der Waals surface area contributed by atoms with Crippen molar-refractivity contribution in [2.45, 2.75) is 26.2 Å². The van der Waals surface area contributed by atoms with Crippen molar-refractivity contribution < 1.29 is 14.3 Å². The highest BCUT2D eigenvalue weighted by Crippen LogP contribution is 2.58. The van der Waals surface area contributed by atoms with Gasteiger partial charge < -0.3 is 15.4 Å². The van der Waals surface area contributed by atoms with Gasteiger partial charge in [0.2, 0.25) is 5.91 Å². The topological polar surface area (TPSA) is 67.4 Å². The van der Waals surface area contributed by atoms with Crippen LogP contribution in [0.5, 0.6) is 0 Å². The number of thiophene rings is 1. The molecule has 1 saturated heterocycles. The fraction of sp³-hybridized carbons (Fsp3) is 0.474. The van der Waals surface area contributed by atoms with Crippen molar-refractivity contribution in [2.75, 3.05) is 25.0 Å². The molecule has 0 radical (unpaired) electrons. The minimum Gasteiger partial charge on any atom is -0.462 e. The molecule has 1 aromatic carbocycles. The highest BCUT2D eigenvalue weighted by atomic mass is 35.5. The molecule has 1 aromatic heterocycles. The molecule has 1 amide bonds. The number of carbonyl (C=O) groups excluding carboxylic acids is 2. The van der Waals surface area contributed by atoms with Crippen LogP contribution in [0.25, 0.3) is 10.1 Å². The first-order valence-electron chi connectivity index (χ1n) is 8.84. The molecule has 2 fully saturated rings. The van der Waals surface area contributed by atoms with Crippen molar-refractivity contribution in [3.05, 3.63) is 29.1 Å². The predicted octanol–water partition coefficient (Wildman–Crippen LogP) is 3.83. The lowest BCUT2D eigenvalue weighted by molar-refractivity contribution is -0.118. The lowest BCUT2D eigenvalue weighted by Crippen LogP contribution is -2.31. The number of nitrogens with one attached hydrogen (secondary N) is 2. The number of piperidine rings is 1. The third kappa shape index (κ3) is 3.59. The van der Waals surface area contributed by atoms with Gasteiger partial charge in [-0.25, -0.2) is 4.79 Å². The van der Waals surface area contributed by atoms with Crippen LogP contribution in [0.1, 0.15) is 35.9 Å². The molecule has 2 N–H and O–H groups in total. The molecule has 0 bridgehead atoms. The first-order valence-corrected chi connectivity index (χ1v) is 9.65. The lowest BCUT2D eigenvalue weighted by atomic mass is 9.92. The lowest BCUT2D eigenvalue weighted by Gasteiger charge is -2.23. The van der Waals surface area contributed by atoms with E-state index in [0.29, 0.717) is 11.5 Å². The summed E-state index contributed by atoms with van der Waals surface area (Å²) in [5, 5.41) is 7.38. The number of hydrogen-bond donors (Lipinski definition) is 2. The Hall–Kier alpha value is -1.63. The molecular formula is C19H23ClN2O3S. The van der Waals surface area contributed by atoms with Crippen molar-refractivity contribution in [3.63, 3.8) is 0 Å². The van der Waals surface area contributed by atoms with Crippen molar-refractivity contribution in [3.8, 4) is 0 Å². The summed E-state index contributed by atoms with van der Waals surface area (Å²) < 4.78 is 6.07. The summed E-state index contributed by atoms with van der Waals surface area (Å²) >= 11 is 1.41. The molecule has 4 rings (SSSR count). The molecule has 2 aromatic rings. The average molecular weight is 395 g/mol. The van der Waals surface area contributed by atoms with Gasteiger partial charge in [0.15, 0.2) is 0 Å². The van der Waals surface area contributed by atoms with Crippen LogP contribution in [0.3, 0.4) is 0 Å². The number of rotatable bonds is 4. The Morgan fingerprint density at radius 1 is 1.31 bits per heavy atom. The van der Waals surface area contributed by atoms with Crippen molar-refractivity contribution in [1.29, 1.82) is 0 Å². The van der Waals surface area contributed by atoms with E-state index in [0.717, 1.165) is 48.1 Å². The Morgan fingerprint density at radius 2 is 2.08 bits per heavy atom. The fourth-order valence-corrected chi connectivity index (χ4v) is 4.79. The maximum atomic E-state index is 12.6. The number of carbonyl (C=O) groups is 2. The van der Waals surface area contributed by atoms with Gasteiger partial charge in [-0.3, -0.25) is 4.79 Å². The Morgan fingerprint density at radius 3 is 2.81 bits per heavy atom. The first-order chi connectivity index (χ1) is 12.1. The highest BCUT2D eigenvalue weighted by Gasteiger charge is 2.57. The van der Waals surface area contributed by atoms with E-state index in [1.54, 1.807) is 6.92 Å². The molecule has 2 aliphatic rings. The molecular weight excluding hydrogens is 372 g/mol. The van der Waals surface area contributed by atoms with Gasteiger partial charge in [0.1, 0.15) is 4.88 Å². The quantitative estimate of drug-likeness (QED) is 0.773. The van der Waals surface area contributed by atoms with Gasteiger partial charge in [-0.05, 0) is 74.3 Å². The normalized spacial score (nSPS) is 20.4. The van der Waals surface area contributed by atoms with Gasteiger partial charge in [-0.1, -0.05) is 0 Å². The van der Waals surface area contributed by atoms with Crippen molar-refractivity contribution >= 4 is 51.4 Å². The van der Waals surface area contributed by atoms with E-state index in [4.69, 9.17) is 4.74 Å². The van der Waals surface area contributed by atoms with E-state index in [-0.39, 0.29) is 35.6 Å². The average Bonchev–Trinajstić information content (AvgIpc) is 3.12. The van der Waals surface area contributed by atoms with Crippen LogP contribution in [-0.2, 0) is 9.53 Å². The second kappa shape index (κ2) is 7.55. The van der Waals surface area contributed by atoms with E-state index in [2.05, 4.69) is 10.6 Å².